The Morgan fingerprint density at radius 2 is 2.00 bits per heavy atom. The van der Waals surface area contributed by atoms with Crippen LogP contribution in [0.5, 0.6) is 17.2 Å². The first-order chi connectivity index (χ1) is 17.5. The number of hydrogen-bond acceptors (Lipinski definition) is 8. The van der Waals surface area contributed by atoms with E-state index in [4.69, 9.17) is 23.4 Å². The molecule has 1 N–H and O–H groups in total. The number of methoxy groups -OCH3 is 1. The van der Waals surface area contributed by atoms with Crippen molar-refractivity contribution in [2.75, 3.05) is 26.9 Å². The van der Waals surface area contributed by atoms with Crippen LogP contribution in [-0.4, -0.2) is 44.8 Å². The topological polar surface area (TPSA) is 113 Å². The van der Waals surface area contributed by atoms with Gasteiger partial charge in [0.05, 0.1) is 19.8 Å². The van der Waals surface area contributed by atoms with Crippen molar-refractivity contribution >= 4 is 28.9 Å². The summed E-state index contributed by atoms with van der Waals surface area (Å²) < 4.78 is 26.9. The Hall–Kier alpha value is -4.11. The molecule has 2 heterocycles. The second-order valence-corrected chi connectivity index (χ2v) is 8.09. The Kier molecular flexibility index (Phi) is 8.02. The number of esters is 1. The fourth-order valence-corrected chi connectivity index (χ4v) is 3.80. The van der Waals surface area contributed by atoms with Crippen molar-refractivity contribution in [3.05, 3.63) is 70.1 Å². The van der Waals surface area contributed by atoms with Crippen molar-refractivity contribution in [1.29, 1.82) is 0 Å². The zero-order valence-corrected chi connectivity index (χ0v) is 20.1. The summed E-state index contributed by atoms with van der Waals surface area (Å²) in [6.07, 6.45) is 4.65. The molecule has 1 unspecified atom stereocenters. The Bertz CT molecular complexity index is 1340. The van der Waals surface area contributed by atoms with Crippen LogP contribution >= 0.6 is 0 Å². The van der Waals surface area contributed by atoms with Gasteiger partial charge in [-0.05, 0) is 61.7 Å². The lowest BCUT2D eigenvalue weighted by Gasteiger charge is -2.10. The number of carbonyl (C=O) groups is 2. The summed E-state index contributed by atoms with van der Waals surface area (Å²) in [4.78, 5) is 37.1. The van der Waals surface area contributed by atoms with Crippen LogP contribution < -0.4 is 25.2 Å². The number of carbonyl (C=O) groups excluding carboxylic acids is 2. The van der Waals surface area contributed by atoms with Gasteiger partial charge >= 0.3 is 11.6 Å². The maximum Gasteiger partial charge on any atom is 0.349 e. The molecule has 9 heteroatoms. The van der Waals surface area contributed by atoms with E-state index in [1.165, 1.54) is 18.2 Å². The predicted octanol–water partition coefficient (Wildman–Crippen LogP) is 3.73. The highest BCUT2D eigenvalue weighted by molar-refractivity contribution is 5.97. The highest BCUT2D eigenvalue weighted by atomic mass is 16.5. The largest absolute Gasteiger partial charge is 0.493 e. The van der Waals surface area contributed by atoms with E-state index < -0.39 is 17.5 Å². The van der Waals surface area contributed by atoms with Crippen molar-refractivity contribution in [1.82, 2.24) is 5.32 Å². The van der Waals surface area contributed by atoms with Crippen molar-refractivity contribution in [3.8, 4) is 17.2 Å². The average Bonchev–Trinajstić information content (AvgIpc) is 3.40. The summed E-state index contributed by atoms with van der Waals surface area (Å²) >= 11 is 0. The third-order valence-electron chi connectivity index (χ3n) is 5.58. The smallest absolute Gasteiger partial charge is 0.349 e. The fraction of sp³-hybridized carbons (Fsp3) is 0.296. The second-order valence-electron chi connectivity index (χ2n) is 8.09. The number of rotatable bonds is 9. The van der Waals surface area contributed by atoms with Gasteiger partial charge in [-0.3, -0.25) is 4.79 Å². The normalized spacial score (nSPS) is 15.2. The monoisotopic (exact) mass is 493 g/mol. The van der Waals surface area contributed by atoms with Crippen LogP contribution in [0.15, 0.2) is 57.8 Å². The molecule has 1 amide bonds. The van der Waals surface area contributed by atoms with E-state index in [9.17, 15) is 14.4 Å². The van der Waals surface area contributed by atoms with Crippen molar-refractivity contribution < 1.29 is 33.0 Å². The van der Waals surface area contributed by atoms with Crippen molar-refractivity contribution in [3.63, 3.8) is 0 Å². The standard InChI is InChI=1S/C27H27NO8/c1-3-33-22-10-6-17(13-24(22)32-2)7-11-25(29)35-19-9-8-18-14-21(27(31)36-23(18)15-19)26(30)28-16-20-5-4-12-34-20/h6-11,13-15,20H,3-5,12,16H2,1-2H3,(H,28,30)/b11-7+. The summed E-state index contributed by atoms with van der Waals surface area (Å²) in [6.45, 7) is 3.40. The van der Waals surface area contributed by atoms with Gasteiger partial charge in [0.25, 0.3) is 5.91 Å². The van der Waals surface area contributed by atoms with E-state index in [2.05, 4.69) is 5.32 Å². The number of amides is 1. The SMILES string of the molecule is CCOc1ccc(/C=C/C(=O)Oc2ccc3cc(C(=O)NCC4CCCO4)c(=O)oc3c2)cc1OC. The Labute approximate surface area is 207 Å². The first-order valence-electron chi connectivity index (χ1n) is 11.6. The molecule has 4 rings (SSSR count). The van der Waals surface area contributed by atoms with Crippen LogP contribution in [0, 0.1) is 0 Å². The van der Waals surface area contributed by atoms with Crippen LogP contribution in [0.25, 0.3) is 17.0 Å². The molecule has 0 spiro atoms. The predicted molar refractivity (Wildman–Crippen MR) is 133 cm³/mol. The lowest BCUT2D eigenvalue weighted by atomic mass is 10.1. The molecule has 1 atom stereocenters. The minimum Gasteiger partial charge on any atom is -0.493 e. The van der Waals surface area contributed by atoms with Gasteiger partial charge in [-0.2, -0.15) is 0 Å². The van der Waals surface area contributed by atoms with Gasteiger partial charge < -0.3 is 28.7 Å². The summed E-state index contributed by atoms with van der Waals surface area (Å²) in [5.41, 5.74) is 0.0439. The maximum atomic E-state index is 12.4. The summed E-state index contributed by atoms with van der Waals surface area (Å²) in [5.74, 6) is 0.222. The van der Waals surface area contributed by atoms with Crippen LogP contribution in [0.3, 0.4) is 0 Å². The Morgan fingerprint density at radius 1 is 1.14 bits per heavy atom. The van der Waals surface area contributed by atoms with Crippen molar-refractivity contribution in [2.24, 2.45) is 0 Å². The highest BCUT2D eigenvalue weighted by Gasteiger charge is 2.19. The summed E-state index contributed by atoms with van der Waals surface area (Å²) in [5, 5.41) is 3.23. The lowest BCUT2D eigenvalue weighted by Crippen LogP contribution is -2.34. The second kappa shape index (κ2) is 11.5. The van der Waals surface area contributed by atoms with Gasteiger partial charge in [-0.25, -0.2) is 9.59 Å². The van der Waals surface area contributed by atoms with Crippen LogP contribution in [0.4, 0.5) is 0 Å². The molecule has 0 saturated carbocycles. The van der Waals surface area contributed by atoms with Gasteiger partial charge in [0, 0.05) is 30.7 Å². The number of nitrogens with one attached hydrogen (secondary N) is 1. The maximum absolute atomic E-state index is 12.4. The number of ether oxygens (including phenoxy) is 4. The first-order valence-corrected chi connectivity index (χ1v) is 11.6. The molecule has 0 aliphatic carbocycles. The molecule has 3 aromatic rings. The summed E-state index contributed by atoms with van der Waals surface area (Å²) in [6, 6.07) is 11.3. The third kappa shape index (κ3) is 6.11. The highest BCUT2D eigenvalue weighted by Crippen LogP contribution is 2.28. The molecule has 188 valence electrons. The van der Waals surface area contributed by atoms with Gasteiger partial charge in [0.2, 0.25) is 0 Å². The van der Waals surface area contributed by atoms with E-state index in [1.807, 2.05) is 6.92 Å². The first kappa shape index (κ1) is 25.0. The molecular weight excluding hydrogens is 466 g/mol. The van der Waals surface area contributed by atoms with Crippen LogP contribution in [0.2, 0.25) is 0 Å². The minimum atomic E-state index is -0.778. The number of fused-ring (bicyclic) bond motifs is 1. The molecular formula is C27H27NO8. The zero-order valence-electron chi connectivity index (χ0n) is 20.1. The number of benzene rings is 2. The van der Waals surface area contributed by atoms with E-state index in [1.54, 1.807) is 43.5 Å². The minimum absolute atomic E-state index is 0.0378. The molecule has 9 nitrogen and oxygen atoms in total. The fourth-order valence-electron chi connectivity index (χ4n) is 3.80. The van der Waals surface area contributed by atoms with Gasteiger partial charge in [0.1, 0.15) is 16.9 Å². The Balaban J connectivity index is 1.42. The van der Waals surface area contributed by atoms with E-state index in [0.717, 1.165) is 18.4 Å². The number of hydrogen-bond donors (Lipinski definition) is 1. The molecule has 0 radical (unpaired) electrons. The molecule has 36 heavy (non-hydrogen) atoms. The van der Waals surface area contributed by atoms with Crippen molar-refractivity contribution in [2.45, 2.75) is 25.9 Å². The molecule has 2 aromatic carbocycles. The third-order valence-corrected chi connectivity index (χ3v) is 5.58. The zero-order chi connectivity index (χ0) is 25.5. The van der Waals surface area contributed by atoms with Gasteiger partial charge in [-0.15, -0.1) is 0 Å². The quantitative estimate of drug-likeness (QED) is 0.208. The molecule has 1 saturated heterocycles. The molecule has 1 fully saturated rings. The average molecular weight is 494 g/mol. The Morgan fingerprint density at radius 3 is 2.75 bits per heavy atom. The van der Waals surface area contributed by atoms with Gasteiger partial charge in [-0.1, -0.05) is 6.07 Å². The molecule has 1 aliphatic rings. The van der Waals surface area contributed by atoms with E-state index >= 15 is 0 Å². The molecule has 1 aromatic heterocycles. The van der Waals surface area contributed by atoms with E-state index in [0.29, 0.717) is 36.6 Å². The lowest BCUT2D eigenvalue weighted by molar-refractivity contribution is -0.128. The van der Waals surface area contributed by atoms with Crippen LogP contribution in [-0.2, 0) is 9.53 Å². The van der Waals surface area contributed by atoms with Crippen LogP contribution in [0.1, 0.15) is 35.7 Å². The molecule has 1 aliphatic heterocycles. The van der Waals surface area contributed by atoms with E-state index in [-0.39, 0.29) is 23.0 Å². The van der Waals surface area contributed by atoms with Gasteiger partial charge in [0.15, 0.2) is 11.5 Å². The summed E-state index contributed by atoms with van der Waals surface area (Å²) in [7, 11) is 1.54. The molecule has 0 bridgehead atoms.